The van der Waals surface area contributed by atoms with Gasteiger partial charge in [0.05, 0.1) is 4.92 Å². The molecule has 1 N–H and O–H groups in total. The van der Waals surface area contributed by atoms with Crippen LogP contribution in [0.5, 0.6) is 0 Å². The van der Waals surface area contributed by atoms with Crippen LogP contribution >= 0.6 is 15.9 Å². The Kier molecular flexibility index (Phi) is 4.12. The molecule has 17 heavy (non-hydrogen) atoms. The Morgan fingerprint density at radius 3 is 2.88 bits per heavy atom. The van der Waals surface area contributed by atoms with Gasteiger partial charge >= 0.3 is 0 Å². The summed E-state index contributed by atoms with van der Waals surface area (Å²) in [6.45, 7) is 0.991. The number of hydrogen-bond acceptors (Lipinski definition) is 3. The van der Waals surface area contributed by atoms with E-state index in [1.807, 2.05) is 6.07 Å². The highest BCUT2D eigenvalue weighted by Gasteiger charge is 2.17. The third kappa shape index (κ3) is 3.26. The monoisotopic (exact) mass is 298 g/mol. The largest absolute Gasteiger partial charge is 0.310 e. The molecular weight excluding hydrogens is 284 g/mol. The first-order valence-corrected chi connectivity index (χ1v) is 6.64. The van der Waals surface area contributed by atoms with Gasteiger partial charge in [-0.15, -0.1) is 0 Å². The van der Waals surface area contributed by atoms with Crippen molar-refractivity contribution in [3.8, 4) is 0 Å². The summed E-state index contributed by atoms with van der Waals surface area (Å²) in [6.07, 6.45) is 4.65. The van der Waals surface area contributed by atoms with Gasteiger partial charge in [-0.2, -0.15) is 0 Å². The van der Waals surface area contributed by atoms with Crippen molar-refractivity contribution in [1.82, 2.24) is 5.32 Å². The van der Waals surface area contributed by atoms with Crippen LogP contribution in [0, 0.1) is 10.1 Å². The van der Waals surface area contributed by atoms with E-state index in [4.69, 9.17) is 0 Å². The van der Waals surface area contributed by atoms with E-state index >= 15 is 0 Å². The third-order valence-electron chi connectivity index (χ3n) is 3.08. The number of nitrogens with zero attached hydrogens (tertiary/aromatic N) is 1. The number of nitro groups is 1. The zero-order valence-electron chi connectivity index (χ0n) is 9.49. The first-order chi connectivity index (χ1) is 8.16. The van der Waals surface area contributed by atoms with Crippen molar-refractivity contribution >= 4 is 21.6 Å². The van der Waals surface area contributed by atoms with Crippen molar-refractivity contribution in [2.24, 2.45) is 0 Å². The standard InChI is InChI=1S/C12H15BrN2O2/c13-10-6-9(7-11(8-10)15(16)17)12-4-2-1-3-5-14-12/h6-8,12,14H,1-5H2. The molecule has 1 unspecified atom stereocenters. The molecule has 1 saturated heterocycles. The summed E-state index contributed by atoms with van der Waals surface area (Å²) in [4.78, 5) is 10.5. The van der Waals surface area contributed by atoms with E-state index in [1.54, 1.807) is 12.1 Å². The number of non-ortho nitro benzene ring substituents is 1. The minimum atomic E-state index is -0.342. The molecule has 1 atom stereocenters. The molecule has 1 heterocycles. The second-order valence-corrected chi connectivity index (χ2v) is 5.27. The van der Waals surface area contributed by atoms with Crippen LogP contribution in [0.3, 0.4) is 0 Å². The lowest BCUT2D eigenvalue weighted by Gasteiger charge is -2.16. The Balaban J connectivity index is 2.27. The van der Waals surface area contributed by atoms with Crippen LogP contribution in [0.25, 0.3) is 0 Å². The molecule has 2 rings (SSSR count). The van der Waals surface area contributed by atoms with Crippen molar-refractivity contribution in [2.75, 3.05) is 6.54 Å². The van der Waals surface area contributed by atoms with E-state index in [-0.39, 0.29) is 16.7 Å². The second-order valence-electron chi connectivity index (χ2n) is 4.36. The molecule has 1 aliphatic heterocycles. The highest BCUT2D eigenvalue weighted by Crippen LogP contribution is 2.29. The van der Waals surface area contributed by atoms with Crippen molar-refractivity contribution < 1.29 is 4.92 Å². The summed E-state index contributed by atoms with van der Waals surface area (Å²) in [7, 11) is 0. The smallest absolute Gasteiger partial charge is 0.270 e. The third-order valence-corrected chi connectivity index (χ3v) is 3.54. The van der Waals surface area contributed by atoms with Crippen LogP contribution in [0.4, 0.5) is 5.69 Å². The lowest BCUT2D eigenvalue weighted by atomic mass is 10.0. The highest BCUT2D eigenvalue weighted by molar-refractivity contribution is 9.10. The SMILES string of the molecule is O=[N+]([O-])c1cc(Br)cc(C2CCCCCN2)c1. The number of halogens is 1. The molecule has 5 heteroatoms. The summed E-state index contributed by atoms with van der Waals surface area (Å²) >= 11 is 3.34. The van der Waals surface area contributed by atoms with Gasteiger partial charge in [-0.25, -0.2) is 0 Å². The quantitative estimate of drug-likeness (QED) is 0.671. The van der Waals surface area contributed by atoms with Crippen molar-refractivity contribution in [3.63, 3.8) is 0 Å². The minimum absolute atomic E-state index is 0.153. The normalized spacial score (nSPS) is 20.9. The molecular formula is C12H15BrN2O2. The molecule has 0 amide bonds. The molecule has 0 aromatic heterocycles. The fourth-order valence-electron chi connectivity index (χ4n) is 2.22. The van der Waals surface area contributed by atoms with Crippen LogP contribution in [0.2, 0.25) is 0 Å². The molecule has 1 aromatic rings. The first kappa shape index (κ1) is 12.5. The van der Waals surface area contributed by atoms with E-state index in [2.05, 4.69) is 21.2 Å². The summed E-state index contributed by atoms with van der Waals surface area (Å²) in [6, 6.07) is 5.43. The average molecular weight is 299 g/mol. The van der Waals surface area contributed by atoms with E-state index in [0.29, 0.717) is 0 Å². The maximum absolute atomic E-state index is 10.8. The number of rotatable bonds is 2. The van der Waals surface area contributed by atoms with Gasteiger partial charge in [-0.1, -0.05) is 28.8 Å². The topological polar surface area (TPSA) is 55.2 Å². The number of nitro benzene ring substituents is 1. The second kappa shape index (κ2) is 5.60. The molecule has 0 saturated carbocycles. The van der Waals surface area contributed by atoms with E-state index in [1.165, 1.54) is 19.3 Å². The molecule has 1 aliphatic rings. The summed E-state index contributed by atoms with van der Waals surface area (Å²) < 4.78 is 0.771. The van der Waals surface area contributed by atoms with Gasteiger partial charge in [0, 0.05) is 22.6 Å². The van der Waals surface area contributed by atoms with Crippen LogP contribution < -0.4 is 5.32 Å². The van der Waals surface area contributed by atoms with Crippen molar-refractivity contribution in [1.29, 1.82) is 0 Å². The maximum atomic E-state index is 10.8. The average Bonchev–Trinajstić information content (AvgIpc) is 2.56. The fraction of sp³-hybridized carbons (Fsp3) is 0.500. The predicted molar refractivity (Wildman–Crippen MR) is 70.0 cm³/mol. The van der Waals surface area contributed by atoms with Gasteiger partial charge in [-0.05, 0) is 31.0 Å². The van der Waals surface area contributed by atoms with Gasteiger partial charge in [0.15, 0.2) is 0 Å². The van der Waals surface area contributed by atoms with Crippen LogP contribution in [-0.4, -0.2) is 11.5 Å². The Labute approximate surface area is 109 Å². The predicted octanol–water partition coefficient (Wildman–Crippen LogP) is 3.56. The van der Waals surface area contributed by atoms with E-state index < -0.39 is 0 Å². The summed E-state index contributed by atoms with van der Waals surface area (Å²) in [5, 5.41) is 14.3. The van der Waals surface area contributed by atoms with Crippen molar-refractivity contribution in [2.45, 2.75) is 31.7 Å². The number of nitrogens with one attached hydrogen (secondary N) is 1. The molecule has 0 aliphatic carbocycles. The summed E-state index contributed by atoms with van der Waals surface area (Å²) in [5.74, 6) is 0. The lowest BCUT2D eigenvalue weighted by molar-refractivity contribution is -0.385. The minimum Gasteiger partial charge on any atom is -0.310 e. The lowest BCUT2D eigenvalue weighted by Crippen LogP contribution is -2.20. The Morgan fingerprint density at radius 1 is 1.29 bits per heavy atom. The van der Waals surface area contributed by atoms with Gasteiger partial charge < -0.3 is 5.32 Å². The van der Waals surface area contributed by atoms with Crippen LogP contribution in [0.15, 0.2) is 22.7 Å². The molecule has 0 spiro atoms. The molecule has 1 aromatic carbocycles. The molecule has 0 bridgehead atoms. The zero-order valence-corrected chi connectivity index (χ0v) is 11.1. The van der Waals surface area contributed by atoms with Crippen LogP contribution in [-0.2, 0) is 0 Å². The first-order valence-electron chi connectivity index (χ1n) is 5.85. The van der Waals surface area contributed by atoms with E-state index in [0.717, 1.165) is 23.0 Å². The fourth-order valence-corrected chi connectivity index (χ4v) is 2.71. The van der Waals surface area contributed by atoms with Gasteiger partial charge in [0.2, 0.25) is 0 Å². The van der Waals surface area contributed by atoms with Gasteiger partial charge in [0.1, 0.15) is 0 Å². The Bertz CT molecular complexity index is 415. The molecule has 1 fully saturated rings. The Hall–Kier alpha value is -0.940. The number of hydrogen-bond donors (Lipinski definition) is 1. The highest BCUT2D eigenvalue weighted by atomic mass is 79.9. The maximum Gasteiger partial charge on any atom is 0.270 e. The zero-order chi connectivity index (χ0) is 12.3. The summed E-state index contributed by atoms with van der Waals surface area (Å²) in [5.41, 5.74) is 1.16. The van der Waals surface area contributed by atoms with Gasteiger partial charge in [0.25, 0.3) is 5.69 Å². The number of benzene rings is 1. The van der Waals surface area contributed by atoms with Crippen molar-refractivity contribution in [3.05, 3.63) is 38.3 Å². The molecule has 92 valence electrons. The Morgan fingerprint density at radius 2 is 2.12 bits per heavy atom. The van der Waals surface area contributed by atoms with Crippen LogP contribution in [0.1, 0.15) is 37.3 Å². The molecule has 4 nitrogen and oxygen atoms in total. The van der Waals surface area contributed by atoms with Gasteiger partial charge in [-0.3, -0.25) is 10.1 Å². The molecule has 0 radical (unpaired) electrons. The van der Waals surface area contributed by atoms with E-state index in [9.17, 15) is 10.1 Å².